The zero-order valence-electron chi connectivity index (χ0n) is 20.2. The predicted molar refractivity (Wildman–Crippen MR) is 124 cm³/mol. The highest BCUT2D eigenvalue weighted by Crippen LogP contribution is 2.69. The molecule has 2 aromatic carbocycles. The van der Waals surface area contributed by atoms with Gasteiger partial charge in [0, 0.05) is 52.3 Å². The van der Waals surface area contributed by atoms with Crippen LogP contribution in [-0.4, -0.2) is 57.8 Å². The van der Waals surface area contributed by atoms with Gasteiger partial charge in [0.25, 0.3) is 0 Å². The van der Waals surface area contributed by atoms with Crippen molar-refractivity contribution in [3.8, 4) is 28.7 Å². The third-order valence-corrected chi connectivity index (χ3v) is 9.82. The number of aryl methyl sites for hydroxylation is 1. The van der Waals surface area contributed by atoms with Gasteiger partial charge in [-0.15, -0.1) is 0 Å². The Labute approximate surface area is 203 Å². The first-order valence-electron chi connectivity index (χ1n) is 12.4. The molecular formula is C27H28N2O6. The van der Waals surface area contributed by atoms with Crippen molar-refractivity contribution < 1.29 is 29.2 Å². The zero-order valence-corrected chi connectivity index (χ0v) is 20.2. The largest absolute Gasteiger partial charge is 0.507 e. The van der Waals surface area contributed by atoms with E-state index in [9.17, 15) is 15.0 Å². The Hall–Kier alpha value is -2.97. The van der Waals surface area contributed by atoms with E-state index in [0.717, 1.165) is 34.2 Å². The lowest BCUT2D eigenvalue weighted by atomic mass is 9.71. The molecule has 6 heterocycles. The second-order valence-corrected chi connectivity index (χ2v) is 11.2. The van der Waals surface area contributed by atoms with E-state index in [0.29, 0.717) is 35.7 Å². The fourth-order valence-corrected chi connectivity index (χ4v) is 8.59. The van der Waals surface area contributed by atoms with Crippen LogP contribution in [0.5, 0.6) is 28.7 Å². The summed E-state index contributed by atoms with van der Waals surface area (Å²) < 4.78 is 17.2. The Balaban J connectivity index is 1.38. The molecule has 3 saturated heterocycles. The summed E-state index contributed by atoms with van der Waals surface area (Å²) in [5.41, 5.74) is 5.18. The summed E-state index contributed by atoms with van der Waals surface area (Å²) in [7, 11) is 1.59. The van der Waals surface area contributed by atoms with Crippen molar-refractivity contribution in [2.24, 2.45) is 0 Å². The summed E-state index contributed by atoms with van der Waals surface area (Å²) in [6.45, 7) is 6.17. The summed E-state index contributed by atoms with van der Waals surface area (Å²) in [4.78, 5) is 18.4. The summed E-state index contributed by atoms with van der Waals surface area (Å²) >= 11 is 0. The molecule has 8 nitrogen and oxygen atoms in total. The van der Waals surface area contributed by atoms with Gasteiger partial charge in [-0.3, -0.25) is 14.6 Å². The number of hydrogen-bond acceptors (Lipinski definition) is 8. The summed E-state index contributed by atoms with van der Waals surface area (Å²) in [5.74, 6) is 2.48. The molecule has 0 aromatic heterocycles. The first-order valence-corrected chi connectivity index (χ1v) is 12.4. The van der Waals surface area contributed by atoms with Gasteiger partial charge in [-0.2, -0.15) is 0 Å². The quantitative estimate of drug-likeness (QED) is 0.649. The molecule has 0 spiro atoms. The highest BCUT2D eigenvalue weighted by atomic mass is 16.7. The van der Waals surface area contributed by atoms with Crippen molar-refractivity contribution >= 4 is 5.78 Å². The number of hydrogen-bond donors (Lipinski definition) is 2. The molecule has 0 aliphatic carbocycles. The first kappa shape index (κ1) is 20.2. The molecule has 182 valence electrons. The molecule has 35 heavy (non-hydrogen) atoms. The molecule has 6 atom stereocenters. The smallest absolute Gasteiger partial charge is 0.231 e. The summed E-state index contributed by atoms with van der Waals surface area (Å²) in [5, 5.41) is 22.8. The highest BCUT2D eigenvalue weighted by Gasteiger charge is 2.71. The van der Waals surface area contributed by atoms with E-state index in [1.807, 2.05) is 13.8 Å². The molecule has 0 radical (unpaired) electrons. The van der Waals surface area contributed by atoms with Crippen LogP contribution in [0.4, 0.5) is 0 Å². The average Bonchev–Trinajstić information content (AvgIpc) is 3.48. The van der Waals surface area contributed by atoms with Crippen LogP contribution in [0.1, 0.15) is 65.2 Å². The minimum atomic E-state index is -0.225. The van der Waals surface area contributed by atoms with Crippen LogP contribution < -0.4 is 14.2 Å². The second-order valence-electron chi connectivity index (χ2n) is 11.2. The van der Waals surface area contributed by atoms with Crippen LogP contribution in [0.2, 0.25) is 0 Å². The number of carbonyl (C=O) groups is 1. The molecule has 8 heteroatoms. The van der Waals surface area contributed by atoms with Gasteiger partial charge in [0.1, 0.15) is 5.75 Å². The molecule has 2 N–H and O–H groups in total. The number of nitrogens with zero attached hydrogens (tertiary/aromatic N) is 2. The third kappa shape index (κ3) is 2.01. The lowest BCUT2D eigenvalue weighted by molar-refractivity contribution is -0.181. The number of benzene rings is 2. The topological polar surface area (TPSA) is 91.7 Å². The van der Waals surface area contributed by atoms with E-state index in [4.69, 9.17) is 14.2 Å². The maximum absolute atomic E-state index is 13.6. The van der Waals surface area contributed by atoms with Crippen molar-refractivity contribution in [3.63, 3.8) is 0 Å². The van der Waals surface area contributed by atoms with Crippen molar-refractivity contribution in [3.05, 3.63) is 39.4 Å². The van der Waals surface area contributed by atoms with Gasteiger partial charge in [-0.25, -0.2) is 0 Å². The van der Waals surface area contributed by atoms with Gasteiger partial charge >= 0.3 is 0 Å². The predicted octanol–water partition coefficient (Wildman–Crippen LogP) is 3.12. The number of methoxy groups -OCH3 is 1. The molecule has 6 aliphatic heterocycles. The van der Waals surface area contributed by atoms with Crippen LogP contribution in [0.3, 0.4) is 0 Å². The van der Waals surface area contributed by atoms with Crippen molar-refractivity contribution in [2.45, 2.75) is 75.8 Å². The fraction of sp³-hybridized carbons (Fsp3) is 0.519. The number of piperazine rings is 1. The monoisotopic (exact) mass is 476 g/mol. The van der Waals surface area contributed by atoms with Crippen LogP contribution >= 0.6 is 0 Å². The fourth-order valence-electron chi connectivity index (χ4n) is 8.59. The van der Waals surface area contributed by atoms with Crippen LogP contribution in [0.15, 0.2) is 6.07 Å². The number of ketones is 1. The van der Waals surface area contributed by atoms with Gasteiger partial charge in [0.2, 0.25) is 6.79 Å². The van der Waals surface area contributed by atoms with Gasteiger partial charge in [0.05, 0.1) is 19.2 Å². The number of rotatable bonds is 1. The first-order chi connectivity index (χ1) is 16.8. The second kappa shape index (κ2) is 6.05. The Morgan fingerprint density at radius 2 is 1.83 bits per heavy atom. The maximum atomic E-state index is 13.6. The minimum absolute atomic E-state index is 0.0648. The molecule has 0 saturated carbocycles. The van der Waals surface area contributed by atoms with E-state index >= 15 is 0 Å². The summed E-state index contributed by atoms with van der Waals surface area (Å²) in [6.07, 6.45) is 1.84. The van der Waals surface area contributed by atoms with Crippen LogP contribution in [-0.2, 0) is 16.8 Å². The number of phenols is 2. The van der Waals surface area contributed by atoms with Crippen molar-refractivity contribution in [2.75, 3.05) is 13.9 Å². The summed E-state index contributed by atoms with van der Waals surface area (Å²) in [6, 6.07) is 1.74. The minimum Gasteiger partial charge on any atom is -0.507 e. The standard InChI is InChI=1S/C27H28N2O6/c1-10-5-13-19(23(32)24(10)33-4)21-15-6-12-18(26-25(34-9-35-26)11(2)22(12)31)14-7-17(30)20(28(14)15)16-8-27(13,3)29(16)21/h5,14-16,20-21,31-32H,6-9H2,1-4H3/t14-,15?,16+,20+,21+,27?/m0/s1. The van der Waals surface area contributed by atoms with E-state index in [2.05, 4.69) is 22.8 Å². The van der Waals surface area contributed by atoms with E-state index < -0.39 is 0 Å². The SMILES string of the molecule is COc1c(C)cc2c(c1O)[C@H]1C3Cc4c(O)c(C)c5c(c4[C@@H]4CC(=O)[C@@H]([C@H]6CC2(C)N61)N34)OCO5. The normalized spacial score (nSPS) is 35.3. The van der Waals surface area contributed by atoms with Crippen LogP contribution in [0.25, 0.3) is 0 Å². The number of fused-ring (bicyclic) bond motifs is 9. The number of phenolic OH excluding ortho intramolecular Hbond substituents is 2. The number of carbonyl (C=O) groups excluding carboxylic acids is 1. The Kier molecular flexibility index (Phi) is 3.50. The van der Waals surface area contributed by atoms with Gasteiger partial charge in [-0.05, 0) is 50.8 Å². The molecule has 8 rings (SSSR count). The van der Waals surface area contributed by atoms with E-state index in [1.54, 1.807) is 7.11 Å². The highest BCUT2D eigenvalue weighted by molar-refractivity contribution is 5.90. The molecule has 3 fully saturated rings. The Morgan fingerprint density at radius 3 is 2.60 bits per heavy atom. The average molecular weight is 477 g/mol. The lowest BCUT2D eigenvalue weighted by Crippen LogP contribution is -2.74. The van der Waals surface area contributed by atoms with Gasteiger partial charge in [-0.1, -0.05) is 0 Å². The van der Waals surface area contributed by atoms with Crippen molar-refractivity contribution in [1.82, 2.24) is 9.80 Å². The third-order valence-electron chi connectivity index (χ3n) is 9.82. The van der Waals surface area contributed by atoms with Crippen LogP contribution in [0, 0.1) is 13.8 Å². The van der Waals surface area contributed by atoms with E-state index in [1.165, 1.54) is 0 Å². The Bertz CT molecular complexity index is 1390. The molecule has 0 amide bonds. The van der Waals surface area contributed by atoms with Gasteiger partial charge in [0.15, 0.2) is 28.8 Å². The lowest BCUT2D eigenvalue weighted by Gasteiger charge is -2.65. The number of aromatic hydroxyl groups is 2. The van der Waals surface area contributed by atoms with Crippen molar-refractivity contribution in [1.29, 1.82) is 0 Å². The molecular weight excluding hydrogens is 448 g/mol. The molecule has 0 bridgehead atoms. The number of Topliss-reactive ketones (excluding diaryl/α,β-unsaturated/α-hetero) is 1. The molecule has 6 aliphatic rings. The van der Waals surface area contributed by atoms with E-state index in [-0.39, 0.29) is 59.8 Å². The molecule has 2 unspecified atom stereocenters. The number of ether oxygens (including phenoxy) is 3. The maximum Gasteiger partial charge on any atom is 0.231 e. The Morgan fingerprint density at radius 1 is 1.06 bits per heavy atom. The van der Waals surface area contributed by atoms with Gasteiger partial charge < -0.3 is 24.4 Å². The zero-order chi connectivity index (χ0) is 24.1. The molecule has 2 aromatic rings.